The Kier molecular flexibility index (Phi) is 5.80. The number of thiophene rings is 1. The van der Waals surface area contributed by atoms with Gasteiger partial charge in [-0.25, -0.2) is 4.39 Å². The van der Waals surface area contributed by atoms with Crippen molar-refractivity contribution < 1.29 is 14.0 Å². The molecule has 0 aliphatic carbocycles. The van der Waals surface area contributed by atoms with Crippen molar-refractivity contribution in [1.82, 2.24) is 15.5 Å². The number of hydrogen-bond donors (Lipinski definition) is 2. The summed E-state index contributed by atoms with van der Waals surface area (Å²) in [6, 6.07) is 15.4. The van der Waals surface area contributed by atoms with Gasteiger partial charge in [0.2, 0.25) is 0 Å². The first-order valence-corrected chi connectivity index (χ1v) is 12.2. The van der Waals surface area contributed by atoms with Crippen molar-refractivity contribution in [2.24, 2.45) is 0 Å². The van der Waals surface area contributed by atoms with Crippen LogP contribution in [0.2, 0.25) is 0 Å². The van der Waals surface area contributed by atoms with E-state index >= 15 is 0 Å². The van der Waals surface area contributed by atoms with Crippen molar-refractivity contribution >= 4 is 44.9 Å². The van der Waals surface area contributed by atoms with E-state index in [1.54, 1.807) is 25.2 Å². The zero-order valence-corrected chi connectivity index (χ0v) is 20.6. The molecule has 1 saturated heterocycles. The summed E-state index contributed by atoms with van der Waals surface area (Å²) < 4.78 is 13.3. The number of amides is 2. The van der Waals surface area contributed by atoms with E-state index in [2.05, 4.69) is 20.4 Å². The van der Waals surface area contributed by atoms with Crippen LogP contribution in [-0.4, -0.2) is 42.1 Å². The molecule has 0 bridgehead atoms. The fraction of sp³-hybridized carbons (Fsp3) is 0.269. The standard InChI is InChI=1S/C26H26FN5O2S/c1-26(2,17-7-9-18(27)10-8-17)28-23(33)21-15-20-22(29-30-24(20)35-21)31(3)25(34)16-5-11-19(12-6-16)32-13-4-14-32/h5-12,15H,4,13-14H2,1-3H3,(H,28,33)(H,29,30). The van der Waals surface area contributed by atoms with Gasteiger partial charge in [0.25, 0.3) is 11.8 Å². The first-order valence-electron chi connectivity index (χ1n) is 11.4. The van der Waals surface area contributed by atoms with E-state index in [-0.39, 0.29) is 17.6 Å². The highest BCUT2D eigenvalue weighted by Gasteiger charge is 2.26. The van der Waals surface area contributed by atoms with Crippen LogP contribution in [0.4, 0.5) is 15.9 Å². The molecule has 2 aromatic carbocycles. The molecule has 9 heteroatoms. The summed E-state index contributed by atoms with van der Waals surface area (Å²) in [5.41, 5.74) is 1.79. The Hall–Kier alpha value is -3.72. The van der Waals surface area contributed by atoms with Gasteiger partial charge in [-0.2, -0.15) is 5.10 Å². The van der Waals surface area contributed by atoms with Gasteiger partial charge in [0.15, 0.2) is 0 Å². The van der Waals surface area contributed by atoms with Crippen LogP contribution >= 0.6 is 11.3 Å². The third-order valence-electron chi connectivity index (χ3n) is 6.42. The normalized spacial score (nSPS) is 13.5. The van der Waals surface area contributed by atoms with Gasteiger partial charge in [-0.3, -0.25) is 19.6 Å². The molecule has 2 N–H and O–H groups in total. The molecule has 5 rings (SSSR count). The zero-order valence-electron chi connectivity index (χ0n) is 19.8. The predicted octanol–water partition coefficient (Wildman–Crippen LogP) is 4.92. The Morgan fingerprint density at radius 1 is 1.11 bits per heavy atom. The number of nitrogens with one attached hydrogen (secondary N) is 2. The van der Waals surface area contributed by atoms with E-state index < -0.39 is 5.54 Å². The lowest BCUT2D eigenvalue weighted by Gasteiger charge is -2.33. The predicted molar refractivity (Wildman–Crippen MR) is 137 cm³/mol. The second-order valence-corrected chi connectivity index (χ2v) is 10.3. The van der Waals surface area contributed by atoms with Gasteiger partial charge in [-0.15, -0.1) is 11.3 Å². The molecule has 7 nitrogen and oxygen atoms in total. The molecule has 180 valence electrons. The third kappa shape index (κ3) is 4.39. The number of fused-ring (bicyclic) bond motifs is 1. The molecule has 1 aliphatic heterocycles. The van der Waals surface area contributed by atoms with Crippen LogP contribution in [0.1, 0.15) is 45.9 Å². The van der Waals surface area contributed by atoms with Crippen molar-refractivity contribution in [3.63, 3.8) is 0 Å². The Morgan fingerprint density at radius 2 is 1.80 bits per heavy atom. The Labute approximate surface area is 206 Å². The largest absolute Gasteiger partial charge is 0.371 e. The molecule has 1 fully saturated rings. The highest BCUT2D eigenvalue weighted by Crippen LogP contribution is 2.32. The highest BCUT2D eigenvalue weighted by atomic mass is 32.1. The number of halogens is 1. The first kappa shape index (κ1) is 23.0. The number of H-pyrrole nitrogens is 1. The average molecular weight is 492 g/mol. The minimum atomic E-state index is -0.698. The van der Waals surface area contributed by atoms with Crippen LogP contribution in [0.15, 0.2) is 54.6 Å². The Bertz CT molecular complexity index is 1390. The zero-order chi connectivity index (χ0) is 24.7. The van der Waals surface area contributed by atoms with Gasteiger partial charge in [-0.05, 0) is 68.3 Å². The Balaban J connectivity index is 1.33. The van der Waals surface area contributed by atoms with Crippen molar-refractivity contribution in [2.75, 3.05) is 29.9 Å². The molecule has 0 saturated carbocycles. The second-order valence-electron chi connectivity index (χ2n) is 9.24. The van der Waals surface area contributed by atoms with Crippen LogP contribution in [0.5, 0.6) is 0 Å². The van der Waals surface area contributed by atoms with E-state index in [4.69, 9.17) is 0 Å². The topological polar surface area (TPSA) is 81.3 Å². The molecular formula is C26H26FN5O2S. The minimum absolute atomic E-state index is 0.166. The molecular weight excluding hydrogens is 465 g/mol. The van der Waals surface area contributed by atoms with Gasteiger partial charge < -0.3 is 10.2 Å². The SMILES string of the molecule is CN(C(=O)c1ccc(N2CCC2)cc1)c1[nH]nc2sc(C(=O)NC(C)(C)c3ccc(F)cc3)cc12. The number of benzene rings is 2. The number of anilines is 2. The van der Waals surface area contributed by atoms with E-state index in [9.17, 15) is 14.0 Å². The Morgan fingerprint density at radius 3 is 2.43 bits per heavy atom. The molecule has 1 aliphatic rings. The smallest absolute Gasteiger partial charge is 0.262 e. The summed E-state index contributed by atoms with van der Waals surface area (Å²) in [5, 5.41) is 10.9. The molecule has 3 heterocycles. The summed E-state index contributed by atoms with van der Waals surface area (Å²) in [7, 11) is 1.69. The first-order chi connectivity index (χ1) is 16.7. The van der Waals surface area contributed by atoms with Crippen LogP contribution in [0.25, 0.3) is 10.2 Å². The van der Waals surface area contributed by atoms with Gasteiger partial charge >= 0.3 is 0 Å². The van der Waals surface area contributed by atoms with E-state index in [1.807, 2.05) is 38.1 Å². The van der Waals surface area contributed by atoms with Gasteiger partial charge in [0.05, 0.1) is 15.8 Å². The summed E-state index contributed by atoms with van der Waals surface area (Å²) >= 11 is 1.25. The minimum Gasteiger partial charge on any atom is -0.371 e. The van der Waals surface area contributed by atoms with Crippen molar-refractivity contribution in [3.05, 3.63) is 76.4 Å². The second kappa shape index (κ2) is 8.81. The fourth-order valence-electron chi connectivity index (χ4n) is 4.13. The quantitative estimate of drug-likeness (QED) is 0.401. The molecule has 2 aromatic heterocycles. The van der Waals surface area contributed by atoms with Gasteiger partial charge in [0, 0.05) is 31.4 Å². The number of aromatic nitrogens is 2. The molecule has 35 heavy (non-hydrogen) atoms. The summed E-state index contributed by atoms with van der Waals surface area (Å²) in [6.07, 6.45) is 1.20. The van der Waals surface area contributed by atoms with Crippen LogP contribution in [0.3, 0.4) is 0 Å². The monoisotopic (exact) mass is 491 g/mol. The highest BCUT2D eigenvalue weighted by molar-refractivity contribution is 7.20. The maximum absolute atomic E-state index is 13.3. The lowest BCUT2D eigenvalue weighted by atomic mass is 9.94. The molecule has 0 unspecified atom stereocenters. The maximum atomic E-state index is 13.3. The van der Waals surface area contributed by atoms with E-state index in [1.165, 1.54) is 34.8 Å². The molecule has 2 amide bonds. The number of rotatable bonds is 6. The maximum Gasteiger partial charge on any atom is 0.262 e. The van der Waals surface area contributed by atoms with E-state index in [0.29, 0.717) is 26.5 Å². The number of carbonyl (C=O) groups excluding carboxylic acids is 2. The molecule has 4 aromatic rings. The lowest BCUT2D eigenvalue weighted by molar-refractivity contribution is 0.0915. The number of aromatic amines is 1. The number of nitrogens with zero attached hydrogens (tertiary/aromatic N) is 3. The van der Waals surface area contributed by atoms with Gasteiger partial charge in [-0.1, -0.05) is 12.1 Å². The molecule has 0 radical (unpaired) electrons. The molecule has 0 atom stereocenters. The fourth-order valence-corrected chi connectivity index (χ4v) is 5.02. The van der Waals surface area contributed by atoms with Crippen LogP contribution in [0, 0.1) is 5.82 Å². The van der Waals surface area contributed by atoms with Crippen LogP contribution in [-0.2, 0) is 5.54 Å². The van der Waals surface area contributed by atoms with Crippen LogP contribution < -0.4 is 15.1 Å². The van der Waals surface area contributed by atoms with E-state index in [0.717, 1.165) is 24.3 Å². The van der Waals surface area contributed by atoms with Crippen molar-refractivity contribution in [1.29, 1.82) is 0 Å². The lowest BCUT2D eigenvalue weighted by Crippen LogP contribution is -2.40. The third-order valence-corrected chi connectivity index (χ3v) is 7.45. The molecule has 0 spiro atoms. The van der Waals surface area contributed by atoms with Gasteiger partial charge in [0.1, 0.15) is 16.5 Å². The summed E-state index contributed by atoms with van der Waals surface area (Å²) in [5.74, 6) is -0.220. The number of hydrogen-bond acceptors (Lipinski definition) is 5. The summed E-state index contributed by atoms with van der Waals surface area (Å²) in [4.78, 5) is 31.1. The average Bonchev–Trinajstić information content (AvgIpc) is 3.39. The summed E-state index contributed by atoms with van der Waals surface area (Å²) in [6.45, 7) is 5.83. The number of carbonyl (C=O) groups is 2. The van der Waals surface area contributed by atoms with Crippen molar-refractivity contribution in [3.8, 4) is 0 Å². The van der Waals surface area contributed by atoms with Crippen molar-refractivity contribution in [2.45, 2.75) is 25.8 Å².